The molecule has 0 radical (unpaired) electrons. The molecule has 0 fully saturated rings. The van der Waals surface area contributed by atoms with Gasteiger partial charge in [0.2, 0.25) is 5.91 Å². The van der Waals surface area contributed by atoms with Crippen molar-refractivity contribution in [3.8, 4) is 0 Å². The molecule has 0 saturated carbocycles. The van der Waals surface area contributed by atoms with Gasteiger partial charge in [-0.25, -0.2) is 0 Å². The minimum absolute atomic E-state index is 0.116. The lowest BCUT2D eigenvalue weighted by Gasteiger charge is -2.35. The van der Waals surface area contributed by atoms with Crippen molar-refractivity contribution >= 4 is 29.1 Å². The Morgan fingerprint density at radius 2 is 1.96 bits per heavy atom. The standard InChI is InChI=1S/C17H15N3O5/c21-14-5-3-11-9-12(8-10-2-1-7-19(14)16(10)11)18-17(22)13-4-6-15(25-13)20(23)24/h4,6,8-9H,1-3,5,7H2,(H,18,22). The topological polar surface area (TPSA) is 106 Å². The summed E-state index contributed by atoms with van der Waals surface area (Å²) in [6.07, 6.45) is 2.85. The number of carbonyl (C=O) groups excluding carboxylic acids is 2. The van der Waals surface area contributed by atoms with Crippen LogP contribution in [-0.4, -0.2) is 23.3 Å². The number of anilines is 2. The van der Waals surface area contributed by atoms with Crippen molar-refractivity contribution in [1.82, 2.24) is 0 Å². The van der Waals surface area contributed by atoms with Crippen molar-refractivity contribution in [2.75, 3.05) is 16.8 Å². The number of aryl methyl sites for hydroxylation is 2. The molecular weight excluding hydrogens is 326 g/mol. The summed E-state index contributed by atoms with van der Waals surface area (Å²) in [6.45, 7) is 0.737. The first-order valence-corrected chi connectivity index (χ1v) is 8.04. The molecule has 8 nitrogen and oxygen atoms in total. The minimum Gasteiger partial charge on any atom is -0.395 e. The molecule has 8 heteroatoms. The van der Waals surface area contributed by atoms with Gasteiger partial charge in [-0.3, -0.25) is 19.7 Å². The van der Waals surface area contributed by atoms with Gasteiger partial charge in [0.05, 0.1) is 11.8 Å². The van der Waals surface area contributed by atoms with Gasteiger partial charge in [-0.15, -0.1) is 0 Å². The zero-order chi connectivity index (χ0) is 17.6. The molecule has 0 bridgehead atoms. The van der Waals surface area contributed by atoms with Crippen molar-refractivity contribution in [2.45, 2.75) is 25.7 Å². The van der Waals surface area contributed by atoms with Gasteiger partial charge in [-0.05, 0) is 48.6 Å². The lowest BCUT2D eigenvalue weighted by Crippen LogP contribution is -2.39. The van der Waals surface area contributed by atoms with Crippen LogP contribution >= 0.6 is 0 Å². The highest BCUT2D eigenvalue weighted by Crippen LogP contribution is 2.38. The summed E-state index contributed by atoms with van der Waals surface area (Å²) in [5.41, 5.74) is 3.66. The Balaban J connectivity index is 1.62. The molecule has 4 rings (SSSR count). The molecule has 3 heterocycles. The number of benzene rings is 1. The van der Waals surface area contributed by atoms with E-state index in [4.69, 9.17) is 4.42 Å². The van der Waals surface area contributed by atoms with Crippen molar-refractivity contribution in [1.29, 1.82) is 0 Å². The minimum atomic E-state index is -0.689. The molecule has 25 heavy (non-hydrogen) atoms. The number of furan rings is 1. The summed E-state index contributed by atoms with van der Waals surface area (Å²) in [6, 6.07) is 6.14. The second-order valence-corrected chi connectivity index (χ2v) is 6.14. The summed E-state index contributed by atoms with van der Waals surface area (Å²) in [4.78, 5) is 36.1. The summed E-state index contributed by atoms with van der Waals surface area (Å²) >= 11 is 0. The lowest BCUT2D eigenvalue weighted by atomic mass is 9.91. The molecule has 2 aromatic rings. The number of amides is 2. The average Bonchev–Trinajstić information content (AvgIpc) is 3.08. The van der Waals surface area contributed by atoms with Crippen molar-refractivity contribution < 1.29 is 18.9 Å². The maximum Gasteiger partial charge on any atom is 0.433 e. The quantitative estimate of drug-likeness (QED) is 0.682. The highest BCUT2D eigenvalue weighted by atomic mass is 16.6. The molecule has 2 aliphatic heterocycles. The van der Waals surface area contributed by atoms with Crippen molar-refractivity contribution in [3.63, 3.8) is 0 Å². The average molecular weight is 341 g/mol. The largest absolute Gasteiger partial charge is 0.433 e. The molecule has 1 N–H and O–H groups in total. The van der Waals surface area contributed by atoms with Crippen LogP contribution in [0.2, 0.25) is 0 Å². The first-order valence-electron chi connectivity index (χ1n) is 8.04. The van der Waals surface area contributed by atoms with Crippen LogP contribution in [0.15, 0.2) is 28.7 Å². The van der Waals surface area contributed by atoms with Crippen molar-refractivity contribution in [2.24, 2.45) is 0 Å². The normalized spacial score (nSPS) is 15.7. The zero-order valence-corrected chi connectivity index (χ0v) is 13.3. The molecule has 2 amide bonds. The van der Waals surface area contributed by atoms with Gasteiger partial charge in [0, 0.05) is 18.7 Å². The number of nitrogens with zero attached hydrogens (tertiary/aromatic N) is 2. The van der Waals surface area contributed by atoms with Gasteiger partial charge < -0.3 is 14.6 Å². The number of nitro groups is 1. The Morgan fingerprint density at radius 1 is 1.20 bits per heavy atom. The van der Waals surface area contributed by atoms with Crippen LogP contribution in [0.5, 0.6) is 0 Å². The predicted molar refractivity (Wildman–Crippen MR) is 88.8 cm³/mol. The number of hydrogen-bond acceptors (Lipinski definition) is 5. The van der Waals surface area contributed by atoms with Gasteiger partial charge in [-0.2, -0.15) is 0 Å². The molecule has 0 atom stereocenters. The lowest BCUT2D eigenvalue weighted by molar-refractivity contribution is -0.402. The zero-order valence-electron chi connectivity index (χ0n) is 13.3. The van der Waals surface area contributed by atoms with Gasteiger partial charge in [0.25, 0.3) is 5.91 Å². The molecule has 2 aliphatic rings. The van der Waals surface area contributed by atoms with E-state index in [1.807, 2.05) is 17.0 Å². The Kier molecular flexibility index (Phi) is 3.52. The third kappa shape index (κ3) is 2.65. The first-order chi connectivity index (χ1) is 12.0. The third-order valence-corrected chi connectivity index (χ3v) is 4.53. The summed E-state index contributed by atoms with van der Waals surface area (Å²) in [7, 11) is 0. The number of nitrogens with one attached hydrogen (secondary N) is 1. The smallest absolute Gasteiger partial charge is 0.395 e. The van der Waals surface area contributed by atoms with E-state index in [0.717, 1.165) is 42.3 Å². The fraction of sp³-hybridized carbons (Fsp3) is 0.294. The second-order valence-electron chi connectivity index (χ2n) is 6.14. The van der Waals surface area contributed by atoms with E-state index < -0.39 is 16.7 Å². The van der Waals surface area contributed by atoms with Gasteiger partial charge in [-0.1, -0.05) is 0 Å². The second kappa shape index (κ2) is 5.73. The molecule has 0 saturated heterocycles. The van der Waals surface area contributed by atoms with E-state index in [0.29, 0.717) is 18.5 Å². The fourth-order valence-corrected chi connectivity index (χ4v) is 3.47. The first kappa shape index (κ1) is 15.4. The fourth-order valence-electron chi connectivity index (χ4n) is 3.47. The summed E-state index contributed by atoms with van der Waals surface area (Å²) in [5, 5.41) is 13.4. The molecular formula is C17H15N3O5. The molecule has 0 aliphatic carbocycles. The van der Waals surface area contributed by atoms with Crippen LogP contribution in [0.4, 0.5) is 17.3 Å². The number of rotatable bonds is 3. The highest BCUT2D eigenvalue weighted by Gasteiger charge is 2.30. The monoisotopic (exact) mass is 341 g/mol. The van der Waals surface area contributed by atoms with Gasteiger partial charge in [0.1, 0.15) is 4.92 Å². The van der Waals surface area contributed by atoms with Gasteiger partial charge >= 0.3 is 5.88 Å². The van der Waals surface area contributed by atoms with E-state index in [-0.39, 0.29) is 11.7 Å². The Bertz CT molecular complexity index is 884. The van der Waals surface area contributed by atoms with Crippen LogP contribution in [0.3, 0.4) is 0 Å². The maximum absolute atomic E-state index is 12.3. The third-order valence-electron chi connectivity index (χ3n) is 4.53. The summed E-state index contributed by atoms with van der Waals surface area (Å²) in [5.74, 6) is -0.984. The maximum atomic E-state index is 12.3. The van der Waals surface area contributed by atoms with Crippen molar-refractivity contribution in [3.05, 3.63) is 51.3 Å². The van der Waals surface area contributed by atoms with E-state index in [9.17, 15) is 19.7 Å². The Hall–Kier alpha value is -3.16. The molecule has 0 unspecified atom stereocenters. The predicted octanol–water partition coefficient (Wildman–Crippen LogP) is 2.67. The molecule has 128 valence electrons. The van der Waals surface area contributed by atoms with E-state index in [1.54, 1.807) is 0 Å². The van der Waals surface area contributed by atoms with E-state index >= 15 is 0 Å². The SMILES string of the molecule is O=C(Nc1cc2c3c(c1)CCC(=O)N3CCC2)c1ccc([N+](=O)[O-])o1. The van der Waals surface area contributed by atoms with E-state index in [2.05, 4.69) is 5.32 Å². The number of hydrogen-bond donors (Lipinski definition) is 1. The summed E-state index contributed by atoms with van der Waals surface area (Å²) < 4.78 is 4.93. The Labute approximate surface area is 142 Å². The van der Waals surface area contributed by atoms with Crippen LogP contribution < -0.4 is 10.2 Å². The van der Waals surface area contributed by atoms with E-state index in [1.165, 1.54) is 6.07 Å². The number of carbonyl (C=O) groups is 2. The molecule has 0 spiro atoms. The van der Waals surface area contributed by atoms with Crippen LogP contribution in [0, 0.1) is 10.1 Å². The van der Waals surface area contributed by atoms with Crippen LogP contribution in [0.25, 0.3) is 0 Å². The van der Waals surface area contributed by atoms with Crippen LogP contribution in [-0.2, 0) is 17.6 Å². The molecule has 1 aromatic carbocycles. The van der Waals surface area contributed by atoms with Gasteiger partial charge in [0.15, 0.2) is 5.76 Å². The molecule has 1 aromatic heterocycles. The highest BCUT2D eigenvalue weighted by molar-refractivity contribution is 6.03. The van der Waals surface area contributed by atoms with Crippen LogP contribution in [0.1, 0.15) is 34.5 Å². The Morgan fingerprint density at radius 3 is 2.68 bits per heavy atom.